The quantitative estimate of drug-likeness (QED) is 0.111. The number of sulfonamides is 1. The fraction of sp³-hybridized carbons (Fsp3) is 0.241. The number of benzene rings is 3. The number of amidine groups is 1. The average molecular weight is 614 g/mol. The van der Waals surface area contributed by atoms with E-state index < -0.39 is 39.9 Å². The highest BCUT2D eigenvalue weighted by atomic mass is 32.2. The lowest BCUT2D eigenvalue weighted by Crippen LogP contribution is -2.54. The van der Waals surface area contributed by atoms with Crippen LogP contribution < -0.4 is 21.1 Å². The van der Waals surface area contributed by atoms with Gasteiger partial charge < -0.3 is 21.5 Å². The van der Waals surface area contributed by atoms with Crippen molar-refractivity contribution in [3.8, 4) is 0 Å². The van der Waals surface area contributed by atoms with Crippen LogP contribution in [0.2, 0.25) is 0 Å². The van der Waals surface area contributed by atoms with Gasteiger partial charge in [-0.1, -0.05) is 54.6 Å². The van der Waals surface area contributed by atoms with E-state index in [1.165, 1.54) is 23.9 Å². The van der Waals surface area contributed by atoms with E-state index in [0.29, 0.717) is 23.3 Å². The van der Waals surface area contributed by atoms with Crippen molar-refractivity contribution in [1.82, 2.24) is 15.4 Å². The van der Waals surface area contributed by atoms with E-state index >= 15 is 0 Å². The Labute approximate surface area is 250 Å². The third-order valence-electron chi connectivity index (χ3n) is 6.28. The molecule has 0 heterocycles. The third-order valence-corrected chi connectivity index (χ3v) is 8.41. The largest absolute Gasteiger partial charge is 0.478 e. The molecule has 0 aliphatic heterocycles. The molecule has 0 bridgehead atoms. The van der Waals surface area contributed by atoms with Gasteiger partial charge in [-0.15, -0.1) is 0 Å². The molecule has 3 rings (SSSR count). The zero-order chi connectivity index (χ0) is 30.7. The molecule has 7 N–H and O–H groups in total. The number of nitrogens with one attached hydrogen (secondary N) is 4. The summed E-state index contributed by atoms with van der Waals surface area (Å²) >= 11 is 1.50. The van der Waals surface area contributed by atoms with Crippen molar-refractivity contribution < 1.29 is 29.3 Å². The summed E-state index contributed by atoms with van der Waals surface area (Å²) in [5.41, 5.74) is 7.43. The smallest absolute Gasteiger partial charge is 0.335 e. The van der Waals surface area contributed by atoms with E-state index in [2.05, 4.69) is 15.4 Å². The van der Waals surface area contributed by atoms with Crippen LogP contribution in [-0.2, 0) is 32.6 Å². The number of rotatable bonds is 15. The van der Waals surface area contributed by atoms with Crippen LogP contribution in [0.1, 0.15) is 34.9 Å². The monoisotopic (exact) mass is 613 g/mol. The third kappa shape index (κ3) is 9.43. The number of carbonyl (C=O) groups is 3. The number of carboxylic acids is 1. The van der Waals surface area contributed by atoms with E-state index in [1.54, 1.807) is 54.6 Å². The van der Waals surface area contributed by atoms with E-state index in [4.69, 9.17) is 16.2 Å². The summed E-state index contributed by atoms with van der Waals surface area (Å²) in [5, 5.41) is 22.1. The van der Waals surface area contributed by atoms with Crippen LogP contribution >= 0.6 is 11.8 Å². The van der Waals surface area contributed by atoms with E-state index in [9.17, 15) is 22.8 Å². The number of nitrogen functional groups attached to an aromatic ring is 1. The average Bonchev–Trinajstić information content (AvgIpc) is 2.98. The van der Waals surface area contributed by atoms with Gasteiger partial charge in [-0.3, -0.25) is 15.0 Å². The maximum Gasteiger partial charge on any atom is 0.335 e. The Kier molecular flexibility index (Phi) is 11.7. The fourth-order valence-corrected chi connectivity index (χ4v) is 5.63. The van der Waals surface area contributed by atoms with Crippen LogP contribution in [0, 0.1) is 5.41 Å². The van der Waals surface area contributed by atoms with Gasteiger partial charge in [0.2, 0.25) is 21.8 Å². The Bertz CT molecular complexity index is 1500. The molecule has 0 fully saturated rings. The Morgan fingerprint density at radius 1 is 0.905 bits per heavy atom. The van der Waals surface area contributed by atoms with Crippen LogP contribution in [0.3, 0.4) is 0 Å². The second-order valence-corrected chi connectivity index (χ2v) is 12.1. The van der Waals surface area contributed by atoms with Gasteiger partial charge in [0.15, 0.2) is 0 Å². The first kappa shape index (κ1) is 32.3. The van der Waals surface area contributed by atoms with Gasteiger partial charge in [-0.25, -0.2) is 13.2 Å². The van der Waals surface area contributed by atoms with Crippen molar-refractivity contribution >= 4 is 45.4 Å². The standard InChI is InChI=1S/C29H33N5O6S2.H2/c1-41-16-15-24(27(35)32-18-20-7-9-21(10-8-20)26(30)31)33-28(36)25(17-19-5-3-2-4-6-19)34-42(39,40)23-13-11-22(12-14-23)29(37)38;/h2-14,24-25,34H,15-18H2,1H3,(H3,30,31)(H,32,35)(H,33,36)(H,37,38);1H/t24-,25+;/m0./s1. The molecular formula is C29H35N5O6S2. The van der Waals surface area contributed by atoms with Crippen molar-refractivity contribution in [2.75, 3.05) is 12.0 Å². The highest BCUT2D eigenvalue weighted by Crippen LogP contribution is 2.14. The Morgan fingerprint density at radius 3 is 2.10 bits per heavy atom. The highest BCUT2D eigenvalue weighted by Gasteiger charge is 2.29. The molecular weight excluding hydrogens is 578 g/mol. The number of carbonyl (C=O) groups excluding carboxylic acids is 2. The lowest BCUT2D eigenvalue weighted by atomic mass is 10.1. The number of aromatic carboxylic acids is 1. The molecule has 0 saturated heterocycles. The van der Waals surface area contributed by atoms with Crippen molar-refractivity contribution in [2.24, 2.45) is 5.73 Å². The zero-order valence-electron chi connectivity index (χ0n) is 22.9. The zero-order valence-corrected chi connectivity index (χ0v) is 24.5. The predicted octanol–water partition coefficient (Wildman–Crippen LogP) is 2.36. The number of nitrogens with two attached hydrogens (primary N) is 1. The number of hydrogen-bond acceptors (Lipinski definition) is 7. The van der Waals surface area contributed by atoms with Gasteiger partial charge in [0.25, 0.3) is 0 Å². The number of hydrogen-bond donors (Lipinski definition) is 6. The van der Waals surface area contributed by atoms with Crippen LogP contribution in [0.15, 0.2) is 83.8 Å². The molecule has 0 aliphatic rings. The van der Waals surface area contributed by atoms with Gasteiger partial charge in [0.1, 0.15) is 17.9 Å². The minimum atomic E-state index is -4.23. The molecule has 11 nitrogen and oxygen atoms in total. The predicted molar refractivity (Wildman–Crippen MR) is 164 cm³/mol. The Morgan fingerprint density at radius 2 is 1.52 bits per heavy atom. The molecule has 13 heteroatoms. The second kappa shape index (κ2) is 15.1. The van der Waals surface area contributed by atoms with Crippen molar-refractivity contribution in [1.29, 1.82) is 5.41 Å². The van der Waals surface area contributed by atoms with Gasteiger partial charge in [0, 0.05) is 13.5 Å². The Hall–Kier alpha value is -4.20. The normalized spacial score (nSPS) is 12.6. The number of thioether (sulfide) groups is 1. The molecule has 0 aliphatic carbocycles. The molecule has 42 heavy (non-hydrogen) atoms. The molecule has 0 saturated carbocycles. The molecule has 0 aromatic heterocycles. The molecule has 0 radical (unpaired) electrons. The van der Waals surface area contributed by atoms with Crippen molar-refractivity contribution in [3.05, 3.63) is 101 Å². The molecule has 3 aromatic rings. The van der Waals surface area contributed by atoms with Gasteiger partial charge in [-0.05, 0) is 60.2 Å². The number of carboxylic acid groups (broad SMARTS) is 1. The lowest BCUT2D eigenvalue weighted by Gasteiger charge is -2.23. The minimum Gasteiger partial charge on any atom is -0.478 e. The SMILES string of the molecule is CSCC[C@H](NC(=O)[C@@H](Cc1ccccc1)NS(=O)(=O)c1ccc(C(=O)O)cc1)C(=O)NCc1ccc(C(=N)N)cc1.[HH]. The first-order chi connectivity index (χ1) is 20.0. The maximum absolute atomic E-state index is 13.5. The van der Waals surface area contributed by atoms with Crippen LogP contribution in [0.5, 0.6) is 0 Å². The summed E-state index contributed by atoms with van der Waals surface area (Å²) in [5.74, 6) is -1.81. The van der Waals surface area contributed by atoms with E-state index in [-0.39, 0.29) is 30.7 Å². The summed E-state index contributed by atoms with van der Waals surface area (Å²) in [6.07, 6.45) is 2.19. The molecule has 2 atom stereocenters. The Balaban J connectivity index is 0.00000645. The highest BCUT2D eigenvalue weighted by molar-refractivity contribution is 7.98. The molecule has 224 valence electrons. The minimum absolute atomic E-state index is 0. The summed E-state index contributed by atoms with van der Waals surface area (Å²) in [6.45, 7) is 0.176. The van der Waals surface area contributed by atoms with Crippen LogP contribution in [-0.4, -0.2) is 61.2 Å². The van der Waals surface area contributed by atoms with Gasteiger partial charge in [-0.2, -0.15) is 16.5 Å². The summed E-state index contributed by atoms with van der Waals surface area (Å²) in [4.78, 5) is 37.6. The molecule has 0 unspecified atom stereocenters. The van der Waals surface area contributed by atoms with Crippen LogP contribution in [0.4, 0.5) is 0 Å². The molecule has 2 amide bonds. The fourth-order valence-electron chi connectivity index (χ4n) is 3.96. The topological polar surface area (TPSA) is 192 Å². The second-order valence-electron chi connectivity index (χ2n) is 9.36. The first-order valence-electron chi connectivity index (χ1n) is 12.9. The van der Waals surface area contributed by atoms with Crippen LogP contribution in [0.25, 0.3) is 0 Å². The first-order valence-corrected chi connectivity index (χ1v) is 15.8. The summed E-state index contributed by atoms with van der Waals surface area (Å²) in [7, 11) is -4.23. The lowest BCUT2D eigenvalue weighted by molar-refractivity contribution is -0.129. The molecule has 3 aromatic carbocycles. The van der Waals surface area contributed by atoms with Gasteiger partial charge in [0.05, 0.1) is 10.5 Å². The summed E-state index contributed by atoms with van der Waals surface area (Å²) in [6, 6.07) is 18.1. The van der Waals surface area contributed by atoms with Crippen molar-refractivity contribution in [2.45, 2.75) is 36.4 Å². The van der Waals surface area contributed by atoms with Gasteiger partial charge >= 0.3 is 5.97 Å². The molecule has 0 spiro atoms. The van der Waals surface area contributed by atoms with E-state index in [0.717, 1.165) is 17.7 Å². The van der Waals surface area contributed by atoms with E-state index in [1.807, 2.05) is 6.26 Å². The summed E-state index contributed by atoms with van der Waals surface area (Å²) < 4.78 is 28.8. The maximum atomic E-state index is 13.5. The van der Waals surface area contributed by atoms with Crippen molar-refractivity contribution in [3.63, 3.8) is 0 Å². The number of amides is 2.